The summed E-state index contributed by atoms with van der Waals surface area (Å²) in [6.45, 7) is 6.07. The number of carbonyl (C=O) groups is 1. The fourth-order valence-corrected chi connectivity index (χ4v) is 2.72. The Labute approximate surface area is 79.5 Å². The van der Waals surface area contributed by atoms with Crippen molar-refractivity contribution in [3.63, 3.8) is 0 Å². The van der Waals surface area contributed by atoms with Crippen LogP contribution in [0.15, 0.2) is 24.3 Å². The van der Waals surface area contributed by atoms with E-state index in [4.69, 9.17) is 0 Å². The van der Waals surface area contributed by atoms with Crippen LogP contribution in [0.1, 0.15) is 32.6 Å². The molecule has 1 heteroatoms. The second-order valence-corrected chi connectivity index (χ2v) is 4.61. The van der Waals surface area contributed by atoms with Crippen molar-refractivity contribution in [3.05, 3.63) is 24.3 Å². The highest BCUT2D eigenvalue weighted by Gasteiger charge is 2.40. The summed E-state index contributed by atoms with van der Waals surface area (Å²) in [6, 6.07) is 0. The molecule has 0 aromatic carbocycles. The third-order valence-corrected chi connectivity index (χ3v) is 3.51. The van der Waals surface area contributed by atoms with Gasteiger partial charge in [0.25, 0.3) is 0 Å². The molecule has 0 bridgehead atoms. The van der Waals surface area contributed by atoms with Crippen molar-refractivity contribution in [2.75, 3.05) is 0 Å². The zero-order valence-electron chi connectivity index (χ0n) is 8.18. The Hall–Kier alpha value is -0.850. The molecule has 0 N–H and O–H groups in total. The number of carbonyl (C=O) groups excluding carboxylic acids is 1. The Balaban J connectivity index is 2.23. The molecule has 70 valence electrons. The third kappa shape index (κ3) is 1.37. The van der Waals surface area contributed by atoms with Crippen LogP contribution < -0.4 is 0 Å². The lowest BCUT2D eigenvalue weighted by Gasteiger charge is -2.35. The van der Waals surface area contributed by atoms with Gasteiger partial charge in [0.05, 0.1) is 0 Å². The smallest absolute Gasteiger partial charge is 0.156 e. The molecule has 0 aromatic rings. The van der Waals surface area contributed by atoms with Crippen LogP contribution in [0.2, 0.25) is 0 Å². The quantitative estimate of drug-likeness (QED) is 0.561. The average molecular weight is 176 g/mol. The van der Waals surface area contributed by atoms with E-state index in [0.29, 0.717) is 11.7 Å². The number of rotatable bonds is 1. The molecular weight excluding hydrogens is 160 g/mol. The van der Waals surface area contributed by atoms with E-state index in [1.807, 2.05) is 12.2 Å². The lowest BCUT2D eigenvalue weighted by Crippen LogP contribution is -2.25. The van der Waals surface area contributed by atoms with E-state index in [9.17, 15) is 4.79 Å². The van der Waals surface area contributed by atoms with Gasteiger partial charge in [-0.1, -0.05) is 18.6 Å². The number of hydrogen-bond donors (Lipinski definition) is 0. The molecule has 2 aliphatic carbocycles. The monoisotopic (exact) mass is 176 g/mol. The first-order chi connectivity index (χ1) is 6.14. The first-order valence-corrected chi connectivity index (χ1v) is 5.00. The zero-order valence-corrected chi connectivity index (χ0v) is 8.18. The average Bonchev–Trinajstić information content (AvgIpc) is 2.37. The van der Waals surface area contributed by atoms with Gasteiger partial charge >= 0.3 is 0 Å². The predicted octanol–water partition coefficient (Wildman–Crippen LogP) is 2.88. The Bertz CT molecular complexity index is 287. The topological polar surface area (TPSA) is 17.1 Å². The maximum Gasteiger partial charge on any atom is 0.156 e. The summed E-state index contributed by atoms with van der Waals surface area (Å²) < 4.78 is 0. The molecule has 1 fully saturated rings. The molecule has 0 spiro atoms. The third-order valence-electron chi connectivity index (χ3n) is 3.51. The van der Waals surface area contributed by atoms with Gasteiger partial charge in [-0.3, -0.25) is 4.79 Å². The van der Waals surface area contributed by atoms with Gasteiger partial charge in [-0.15, -0.1) is 6.58 Å². The summed E-state index contributed by atoms with van der Waals surface area (Å²) in [7, 11) is 0. The van der Waals surface area contributed by atoms with Crippen LogP contribution in [0.3, 0.4) is 0 Å². The van der Waals surface area contributed by atoms with Crippen molar-refractivity contribution < 1.29 is 4.79 Å². The minimum Gasteiger partial charge on any atom is -0.295 e. The molecule has 2 atom stereocenters. The number of hydrogen-bond acceptors (Lipinski definition) is 1. The van der Waals surface area contributed by atoms with Gasteiger partial charge < -0.3 is 0 Å². The molecule has 1 nitrogen and oxygen atoms in total. The van der Waals surface area contributed by atoms with Crippen molar-refractivity contribution in [1.29, 1.82) is 0 Å². The molecule has 0 amide bonds. The molecule has 13 heavy (non-hydrogen) atoms. The molecule has 2 aliphatic rings. The normalized spacial score (nSPS) is 38.4. The molecule has 1 saturated carbocycles. The Morgan fingerprint density at radius 3 is 3.15 bits per heavy atom. The Morgan fingerprint density at radius 1 is 1.69 bits per heavy atom. The van der Waals surface area contributed by atoms with Gasteiger partial charge in [0.2, 0.25) is 0 Å². The van der Waals surface area contributed by atoms with E-state index in [1.54, 1.807) is 0 Å². The first-order valence-electron chi connectivity index (χ1n) is 5.00. The van der Waals surface area contributed by atoms with Crippen molar-refractivity contribution in [2.24, 2.45) is 11.3 Å². The molecule has 0 heterocycles. The van der Waals surface area contributed by atoms with E-state index in [0.717, 1.165) is 19.3 Å². The van der Waals surface area contributed by atoms with Gasteiger partial charge in [0, 0.05) is 6.42 Å². The molecule has 0 saturated heterocycles. The van der Waals surface area contributed by atoms with Gasteiger partial charge in [-0.05, 0) is 36.7 Å². The number of ketones is 1. The number of fused-ring (bicyclic) bond motifs is 1. The highest BCUT2D eigenvalue weighted by Crippen LogP contribution is 2.49. The molecule has 0 aromatic heterocycles. The fourth-order valence-electron chi connectivity index (χ4n) is 2.72. The molecule has 0 unspecified atom stereocenters. The maximum absolute atomic E-state index is 11.3. The summed E-state index contributed by atoms with van der Waals surface area (Å²) in [5.74, 6) is 0.940. The van der Waals surface area contributed by atoms with E-state index in [-0.39, 0.29) is 5.41 Å². The van der Waals surface area contributed by atoms with Crippen LogP contribution in [0, 0.1) is 11.3 Å². The highest BCUT2D eigenvalue weighted by atomic mass is 16.1. The zero-order chi connectivity index (χ0) is 9.47. The van der Waals surface area contributed by atoms with Gasteiger partial charge in [-0.2, -0.15) is 0 Å². The van der Waals surface area contributed by atoms with E-state index in [1.165, 1.54) is 12.0 Å². The van der Waals surface area contributed by atoms with Crippen LogP contribution in [-0.2, 0) is 4.79 Å². The lowest BCUT2D eigenvalue weighted by atomic mass is 9.68. The number of allylic oxidation sites excluding steroid dienone is 3. The summed E-state index contributed by atoms with van der Waals surface area (Å²) >= 11 is 0. The second-order valence-electron chi connectivity index (χ2n) is 4.61. The van der Waals surface area contributed by atoms with Crippen LogP contribution in [0.4, 0.5) is 0 Å². The van der Waals surface area contributed by atoms with Crippen LogP contribution >= 0.6 is 0 Å². The van der Waals surface area contributed by atoms with Gasteiger partial charge in [0.1, 0.15) is 0 Å². The van der Waals surface area contributed by atoms with Crippen molar-refractivity contribution in [3.8, 4) is 0 Å². The Kier molecular flexibility index (Phi) is 1.90. The first kappa shape index (κ1) is 8.74. The van der Waals surface area contributed by atoms with Crippen molar-refractivity contribution >= 4 is 5.78 Å². The van der Waals surface area contributed by atoms with Crippen LogP contribution in [0.5, 0.6) is 0 Å². The van der Waals surface area contributed by atoms with E-state index in [2.05, 4.69) is 13.5 Å². The minimum atomic E-state index is 0.175. The summed E-state index contributed by atoms with van der Waals surface area (Å²) in [6.07, 6.45) is 8.04. The van der Waals surface area contributed by atoms with E-state index >= 15 is 0 Å². The Morgan fingerprint density at radius 2 is 2.46 bits per heavy atom. The summed E-state index contributed by atoms with van der Waals surface area (Å²) in [5, 5.41) is 0. The SMILES string of the molecule is C=C[C@@H]1CCC2=CC(=O)C[C@]2(C)C1. The van der Waals surface area contributed by atoms with Crippen LogP contribution in [0.25, 0.3) is 0 Å². The molecular formula is C12H16O. The molecule has 0 aliphatic heterocycles. The summed E-state index contributed by atoms with van der Waals surface area (Å²) in [4.78, 5) is 11.3. The minimum absolute atomic E-state index is 0.175. The molecule has 0 radical (unpaired) electrons. The fraction of sp³-hybridized carbons (Fsp3) is 0.583. The van der Waals surface area contributed by atoms with Gasteiger partial charge in [0.15, 0.2) is 5.78 Å². The predicted molar refractivity (Wildman–Crippen MR) is 53.4 cm³/mol. The van der Waals surface area contributed by atoms with Crippen molar-refractivity contribution in [1.82, 2.24) is 0 Å². The van der Waals surface area contributed by atoms with Gasteiger partial charge in [-0.25, -0.2) is 0 Å². The maximum atomic E-state index is 11.3. The van der Waals surface area contributed by atoms with Crippen LogP contribution in [-0.4, -0.2) is 5.78 Å². The lowest BCUT2D eigenvalue weighted by molar-refractivity contribution is -0.115. The largest absolute Gasteiger partial charge is 0.295 e. The second kappa shape index (κ2) is 2.83. The highest BCUT2D eigenvalue weighted by molar-refractivity contribution is 5.94. The summed E-state index contributed by atoms with van der Waals surface area (Å²) in [5.41, 5.74) is 1.56. The van der Waals surface area contributed by atoms with Crippen molar-refractivity contribution in [2.45, 2.75) is 32.6 Å². The molecule has 2 rings (SSSR count). The standard InChI is InChI=1S/C12H16O/c1-3-9-4-5-10-6-11(13)8-12(10,2)7-9/h3,6,9H,1,4-5,7-8H2,2H3/t9-,12+/m1/s1. The van der Waals surface area contributed by atoms with E-state index < -0.39 is 0 Å².